The van der Waals surface area contributed by atoms with Gasteiger partial charge in [0.05, 0.1) is 0 Å². The van der Waals surface area contributed by atoms with Crippen molar-refractivity contribution in [3.05, 3.63) is 47.7 Å². The van der Waals surface area contributed by atoms with Crippen molar-refractivity contribution in [3.63, 3.8) is 0 Å². The molecule has 1 saturated heterocycles. The molecular weight excluding hydrogens is 336 g/mol. The number of likely N-dealkylation sites (tertiary alicyclic amines) is 1. The fraction of sp³-hybridized carbons (Fsp3) is 0.450. The van der Waals surface area contributed by atoms with Crippen molar-refractivity contribution in [2.24, 2.45) is 5.73 Å². The summed E-state index contributed by atoms with van der Waals surface area (Å²) in [5.74, 6) is 1.09. The van der Waals surface area contributed by atoms with Crippen LogP contribution in [0.25, 0.3) is 11.3 Å². The lowest BCUT2D eigenvalue weighted by molar-refractivity contribution is 0.0683. The van der Waals surface area contributed by atoms with Gasteiger partial charge in [0, 0.05) is 24.7 Å². The standard InChI is InChI=1S/C20H26N2O2.ClH/c1-20(2,3)15-6-4-14(5-7-15)17-8-9-18(24-17)19(23)22-12-10-16(21)11-13-22;/h4-9,16H,10-13,21H2,1-3H3;1H. The van der Waals surface area contributed by atoms with Gasteiger partial charge >= 0.3 is 0 Å². The summed E-state index contributed by atoms with van der Waals surface area (Å²) < 4.78 is 5.81. The molecule has 0 spiro atoms. The van der Waals surface area contributed by atoms with Crippen LogP contribution >= 0.6 is 12.4 Å². The van der Waals surface area contributed by atoms with E-state index in [0.717, 1.165) is 24.2 Å². The molecule has 4 nitrogen and oxygen atoms in total. The van der Waals surface area contributed by atoms with E-state index in [1.54, 1.807) is 6.07 Å². The minimum Gasteiger partial charge on any atom is -0.451 e. The summed E-state index contributed by atoms with van der Waals surface area (Å²) in [5, 5.41) is 0. The van der Waals surface area contributed by atoms with E-state index in [0.29, 0.717) is 18.8 Å². The summed E-state index contributed by atoms with van der Waals surface area (Å²) in [4.78, 5) is 14.4. The zero-order chi connectivity index (χ0) is 17.3. The molecule has 1 aromatic heterocycles. The molecule has 2 heterocycles. The molecule has 136 valence electrons. The fourth-order valence-electron chi connectivity index (χ4n) is 3.00. The minimum atomic E-state index is -0.0422. The van der Waals surface area contributed by atoms with Crippen LogP contribution in [0, 0.1) is 0 Å². The van der Waals surface area contributed by atoms with Crippen LogP contribution in [0.2, 0.25) is 0 Å². The van der Waals surface area contributed by atoms with E-state index in [9.17, 15) is 4.79 Å². The van der Waals surface area contributed by atoms with Gasteiger partial charge in [-0.15, -0.1) is 12.4 Å². The number of carbonyl (C=O) groups excluding carboxylic acids is 1. The van der Waals surface area contributed by atoms with Crippen molar-refractivity contribution in [3.8, 4) is 11.3 Å². The Labute approximate surface area is 155 Å². The van der Waals surface area contributed by atoms with Gasteiger partial charge in [0.1, 0.15) is 5.76 Å². The zero-order valence-electron chi connectivity index (χ0n) is 15.1. The Balaban J connectivity index is 0.00000225. The SMILES string of the molecule is CC(C)(C)c1ccc(-c2ccc(C(=O)N3CCC(N)CC3)o2)cc1.Cl. The maximum absolute atomic E-state index is 12.5. The normalized spacial score (nSPS) is 15.8. The van der Waals surface area contributed by atoms with Crippen molar-refractivity contribution in [1.29, 1.82) is 0 Å². The third-order valence-corrected chi connectivity index (χ3v) is 4.68. The van der Waals surface area contributed by atoms with Gasteiger partial charge in [-0.25, -0.2) is 0 Å². The number of nitrogens with two attached hydrogens (primary N) is 1. The molecule has 1 aliphatic rings. The van der Waals surface area contributed by atoms with Gasteiger partial charge in [0.15, 0.2) is 5.76 Å². The summed E-state index contributed by atoms with van der Waals surface area (Å²) in [6.45, 7) is 7.98. The van der Waals surface area contributed by atoms with Gasteiger partial charge in [-0.2, -0.15) is 0 Å². The molecule has 0 bridgehead atoms. The highest BCUT2D eigenvalue weighted by atomic mass is 35.5. The first-order valence-electron chi connectivity index (χ1n) is 8.60. The van der Waals surface area contributed by atoms with Crippen molar-refractivity contribution < 1.29 is 9.21 Å². The summed E-state index contributed by atoms with van der Waals surface area (Å²) in [5.41, 5.74) is 8.29. The molecule has 3 rings (SSSR count). The predicted molar refractivity (Wildman–Crippen MR) is 103 cm³/mol. The van der Waals surface area contributed by atoms with Crippen LogP contribution in [0.15, 0.2) is 40.8 Å². The Hall–Kier alpha value is -1.78. The average Bonchev–Trinajstić information content (AvgIpc) is 3.04. The third kappa shape index (κ3) is 4.44. The third-order valence-electron chi connectivity index (χ3n) is 4.68. The lowest BCUT2D eigenvalue weighted by atomic mass is 9.86. The van der Waals surface area contributed by atoms with Gasteiger partial charge in [0.25, 0.3) is 5.91 Å². The summed E-state index contributed by atoms with van der Waals surface area (Å²) in [6, 6.07) is 12.2. The van der Waals surface area contributed by atoms with Gasteiger partial charge in [-0.1, -0.05) is 45.0 Å². The number of rotatable bonds is 2. The zero-order valence-corrected chi connectivity index (χ0v) is 15.9. The van der Waals surface area contributed by atoms with E-state index in [-0.39, 0.29) is 29.8 Å². The molecule has 0 atom stereocenters. The Kier molecular flexibility index (Phi) is 5.96. The van der Waals surface area contributed by atoms with E-state index in [1.165, 1.54) is 5.56 Å². The number of nitrogens with zero attached hydrogens (tertiary/aromatic N) is 1. The fourth-order valence-corrected chi connectivity index (χ4v) is 3.00. The number of furan rings is 1. The largest absolute Gasteiger partial charge is 0.451 e. The van der Waals surface area contributed by atoms with E-state index in [1.807, 2.05) is 23.1 Å². The Morgan fingerprint density at radius 1 is 1.08 bits per heavy atom. The van der Waals surface area contributed by atoms with Crippen LogP contribution in [0.4, 0.5) is 0 Å². The molecule has 1 aliphatic heterocycles. The summed E-state index contributed by atoms with van der Waals surface area (Å²) in [6.07, 6.45) is 1.71. The molecule has 1 aromatic carbocycles. The van der Waals surface area contributed by atoms with Crippen LogP contribution in [-0.2, 0) is 5.41 Å². The second kappa shape index (κ2) is 7.63. The van der Waals surface area contributed by atoms with Gasteiger partial charge in [-0.3, -0.25) is 4.79 Å². The smallest absolute Gasteiger partial charge is 0.289 e. The molecule has 0 aliphatic carbocycles. The molecule has 2 N–H and O–H groups in total. The highest BCUT2D eigenvalue weighted by Gasteiger charge is 2.24. The second-order valence-corrected chi connectivity index (χ2v) is 7.62. The van der Waals surface area contributed by atoms with Crippen LogP contribution in [-0.4, -0.2) is 29.9 Å². The molecule has 2 aromatic rings. The maximum Gasteiger partial charge on any atom is 0.289 e. The van der Waals surface area contributed by atoms with Crippen LogP contribution < -0.4 is 5.73 Å². The number of halogens is 1. The molecule has 5 heteroatoms. The quantitative estimate of drug-likeness (QED) is 0.869. The summed E-state index contributed by atoms with van der Waals surface area (Å²) >= 11 is 0. The maximum atomic E-state index is 12.5. The number of carbonyl (C=O) groups is 1. The van der Waals surface area contributed by atoms with E-state index < -0.39 is 0 Å². The first-order valence-corrected chi connectivity index (χ1v) is 8.60. The van der Waals surface area contributed by atoms with Gasteiger partial charge in [0.2, 0.25) is 0 Å². The van der Waals surface area contributed by atoms with Crippen LogP contribution in [0.5, 0.6) is 0 Å². The Morgan fingerprint density at radius 3 is 2.24 bits per heavy atom. The van der Waals surface area contributed by atoms with Gasteiger partial charge in [-0.05, 0) is 36.0 Å². The van der Waals surface area contributed by atoms with Crippen molar-refractivity contribution in [2.45, 2.75) is 45.1 Å². The molecule has 0 saturated carbocycles. The van der Waals surface area contributed by atoms with Crippen LogP contribution in [0.3, 0.4) is 0 Å². The number of amides is 1. The number of hydrogen-bond donors (Lipinski definition) is 1. The van der Waals surface area contributed by atoms with Crippen LogP contribution in [0.1, 0.15) is 49.7 Å². The Bertz CT molecular complexity index is 708. The molecule has 0 radical (unpaired) electrons. The lowest BCUT2D eigenvalue weighted by Crippen LogP contribution is -2.42. The highest BCUT2D eigenvalue weighted by molar-refractivity contribution is 5.92. The number of hydrogen-bond acceptors (Lipinski definition) is 3. The monoisotopic (exact) mass is 362 g/mol. The molecule has 1 fully saturated rings. The molecule has 1 amide bonds. The van der Waals surface area contributed by atoms with Gasteiger partial charge < -0.3 is 15.1 Å². The Morgan fingerprint density at radius 2 is 1.68 bits per heavy atom. The first-order chi connectivity index (χ1) is 11.3. The minimum absolute atomic E-state index is 0. The van der Waals surface area contributed by atoms with E-state index in [4.69, 9.17) is 10.2 Å². The molecule has 0 unspecified atom stereocenters. The van der Waals surface area contributed by atoms with Crippen molar-refractivity contribution in [1.82, 2.24) is 4.90 Å². The van der Waals surface area contributed by atoms with E-state index in [2.05, 4.69) is 32.9 Å². The summed E-state index contributed by atoms with van der Waals surface area (Å²) in [7, 11) is 0. The first kappa shape index (κ1) is 19.5. The number of benzene rings is 1. The molecular formula is C20H27ClN2O2. The van der Waals surface area contributed by atoms with Crippen molar-refractivity contribution >= 4 is 18.3 Å². The number of piperidine rings is 1. The second-order valence-electron chi connectivity index (χ2n) is 7.62. The van der Waals surface area contributed by atoms with E-state index >= 15 is 0 Å². The average molecular weight is 363 g/mol. The lowest BCUT2D eigenvalue weighted by Gasteiger charge is -2.29. The highest BCUT2D eigenvalue weighted by Crippen LogP contribution is 2.27. The van der Waals surface area contributed by atoms with Crippen molar-refractivity contribution in [2.75, 3.05) is 13.1 Å². The topological polar surface area (TPSA) is 59.5 Å². The molecule has 25 heavy (non-hydrogen) atoms. The predicted octanol–water partition coefficient (Wildman–Crippen LogP) is 4.23.